The highest BCUT2D eigenvalue weighted by atomic mass is 14.7. The van der Waals surface area contributed by atoms with E-state index in [2.05, 4.69) is 24.6 Å². The number of aliphatic imine (C=N–C) groups is 1. The summed E-state index contributed by atoms with van der Waals surface area (Å²) in [6.07, 6.45) is 6.48. The van der Waals surface area contributed by atoms with Crippen LogP contribution in [0.15, 0.2) is 29.4 Å². The fraction of sp³-hybridized carbons (Fsp3) is 0.375. The number of hydrogen-bond donors (Lipinski definition) is 0. The van der Waals surface area contributed by atoms with E-state index in [1.54, 1.807) is 12.3 Å². The molecule has 9 heavy (non-hydrogen) atoms. The third-order valence-electron chi connectivity index (χ3n) is 0.883. The lowest BCUT2D eigenvalue weighted by Crippen LogP contribution is -1.68. The van der Waals surface area contributed by atoms with Gasteiger partial charge in [0.15, 0.2) is 0 Å². The largest absolute Gasteiger partial charge is 0.262 e. The summed E-state index contributed by atoms with van der Waals surface area (Å²) in [6, 6.07) is 0. The topological polar surface area (TPSA) is 12.4 Å². The molecule has 1 heteroatoms. The van der Waals surface area contributed by atoms with E-state index in [0.717, 1.165) is 12.1 Å². The average molecular weight is 123 g/mol. The van der Waals surface area contributed by atoms with Gasteiger partial charge in [-0.25, -0.2) is 0 Å². The van der Waals surface area contributed by atoms with Crippen molar-refractivity contribution in [3.63, 3.8) is 0 Å². The van der Waals surface area contributed by atoms with E-state index in [1.165, 1.54) is 0 Å². The van der Waals surface area contributed by atoms with Gasteiger partial charge in [0.1, 0.15) is 0 Å². The molecule has 0 aliphatic rings. The minimum Gasteiger partial charge on any atom is -0.262 e. The molecule has 0 heterocycles. The van der Waals surface area contributed by atoms with Crippen LogP contribution in [0, 0.1) is 0 Å². The predicted molar refractivity (Wildman–Crippen MR) is 42.7 cm³/mol. The van der Waals surface area contributed by atoms with Crippen LogP contribution in [0.25, 0.3) is 0 Å². The van der Waals surface area contributed by atoms with Gasteiger partial charge in [-0.1, -0.05) is 25.7 Å². The van der Waals surface area contributed by atoms with Gasteiger partial charge in [-0.3, -0.25) is 4.99 Å². The number of hydrogen-bond acceptors (Lipinski definition) is 1. The third kappa shape index (κ3) is 5.01. The molecule has 0 unspecified atom stereocenters. The molecule has 0 amide bonds. The molecule has 0 radical (unpaired) electrons. The minimum absolute atomic E-state index is 1.04. The zero-order chi connectivity index (χ0) is 7.11. The lowest BCUT2D eigenvalue weighted by molar-refractivity contribution is 1.16. The highest BCUT2D eigenvalue weighted by Gasteiger charge is 1.75. The van der Waals surface area contributed by atoms with Crippen LogP contribution in [0.3, 0.4) is 0 Å². The Hall–Kier alpha value is -0.850. The molecule has 1 nitrogen and oxygen atoms in total. The first-order valence-corrected chi connectivity index (χ1v) is 3.13. The molecule has 0 saturated carbocycles. The zero-order valence-corrected chi connectivity index (χ0v) is 6.09. The minimum atomic E-state index is 1.04. The molecule has 0 bridgehead atoms. The predicted octanol–water partition coefficient (Wildman–Crippen LogP) is 2.56. The van der Waals surface area contributed by atoms with Crippen molar-refractivity contribution >= 4 is 6.21 Å². The lowest BCUT2D eigenvalue weighted by atomic mass is 10.4. The summed E-state index contributed by atoms with van der Waals surface area (Å²) in [7, 11) is 0. The fourth-order valence-electron chi connectivity index (χ4n) is 0.518. The Bertz CT molecular complexity index is 132. The van der Waals surface area contributed by atoms with Gasteiger partial charge >= 0.3 is 0 Å². The maximum absolute atomic E-state index is 4.05. The Morgan fingerprint density at radius 2 is 2.33 bits per heavy atom. The van der Waals surface area contributed by atoms with Gasteiger partial charge in [-0.2, -0.15) is 0 Å². The second-order valence-corrected chi connectivity index (χ2v) is 1.77. The Balaban J connectivity index is 3.74. The average Bonchev–Trinajstić information content (AvgIpc) is 1.85. The van der Waals surface area contributed by atoms with Crippen molar-refractivity contribution in [2.45, 2.75) is 20.3 Å². The van der Waals surface area contributed by atoms with Crippen molar-refractivity contribution in [2.75, 3.05) is 0 Å². The van der Waals surface area contributed by atoms with Gasteiger partial charge in [0.2, 0.25) is 0 Å². The molecule has 50 valence electrons. The van der Waals surface area contributed by atoms with Crippen LogP contribution in [-0.4, -0.2) is 6.21 Å². The van der Waals surface area contributed by atoms with Gasteiger partial charge in [0, 0.05) is 11.9 Å². The number of nitrogens with zero attached hydrogens (tertiary/aromatic N) is 1. The summed E-state index contributed by atoms with van der Waals surface area (Å²) in [6.45, 7) is 7.58. The smallest absolute Gasteiger partial charge is 0.0332 e. The molecule has 0 aromatic carbocycles. The van der Waals surface area contributed by atoms with E-state index in [4.69, 9.17) is 0 Å². The first-order valence-electron chi connectivity index (χ1n) is 3.13. The van der Waals surface area contributed by atoms with Gasteiger partial charge in [-0.05, 0) is 13.3 Å². The molecule has 0 aliphatic carbocycles. The molecule has 0 aromatic heterocycles. The maximum atomic E-state index is 4.05. The maximum Gasteiger partial charge on any atom is 0.0332 e. The Morgan fingerprint density at radius 3 is 2.78 bits per heavy atom. The van der Waals surface area contributed by atoms with E-state index in [0.29, 0.717) is 0 Å². The summed E-state index contributed by atoms with van der Waals surface area (Å²) >= 11 is 0. The van der Waals surface area contributed by atoms with Crippen LogP contribution in [0.4, 0.5) is 0 Å². The number of allylic oxidation sites excluding steroid dienone is 3. The summed E-state index contributed by atoms with van der Waals surface area (Å²) in [4.78, 5) is 4.05. The molecule has 0 fully saturated rings. The van der Waals surface area contributed by atoms with Crippen LogP contribution in [0.1, 0.15) is 20.3 Å². The Kier molecular flexibility index (Phi) is 4.79. The highest BCUT2D eigenvalue weighted by molar-refractivity contribution is 5.71. The molecule has 0 saturated heterocycles. The van der Waals surface area contributed by atoms with Crippen molar-refractivity contribution in [3.8, 4) is 0 Å². The van der Waals surface area contributed by atoms with E-state index in [1.807, 2.05) is 6.92 Å². The van der Waals surface area contributed by atoms with E-state index in [-0.39, 0.29) is 0 Å². The molecular formula is C8H13N. The Labute approximate surface area is 56.8 Å². The molecule has 0 atom stereocenters. The highest BCUT2D eigenvalue weighted by Crippen LogP contribution is 1.94. The summed E-state index contributed by atoms with van der Waals surface area (Å²) in [5.74, 6) is 0. The van der Waals surface area contributed by atoms with Crippen molar-refractivity contribution in [3.05, 3.63) is 24.4 Å². The molecular weight excluding hydrogens is 110 g/mol. The quantitative estimate of drug-likeness (QED) is 0.511. The summed E-state index contributed by atoms with van der Waals surface area (Å²) in [5.41, 5.74) is 1.05. The Morgan fingerprint density at radius 1 is 1.67 bits per heavy atom. The summed E-state index contributed by atoms with van der Waals surface area (Å²) in [5, 5.41) is 0. The first-order chi connectivity index (χ1) is 4.31. The normalized spacial score (nSPS) is 12.4. The van der Waals surface area contributed by atoms with Crippen molar-refractivity contribution in [1.29, 1.82) is 0 Å². The van der Waals surface area contributed by atoms with Crippen LogP contribution in [0.5, 0.6) is 0 Å². The van der Waals surface area contributed by atoms with Gasteiger partial charge in [0.25, 0.3) is 0 Å². The fourth-order valence-corrected chi connectivity index (χ4v) is 0.518. The summed E-state index contributed by atoms with van der Waals surface area (Å²) < 4.78 is 0. The standard InChI is InChI=1S/C8H13N/c1-4-6-8(3)9-7-5-2/h5-7H,2,4H2,1,3H3/b8-6-,9-7-. The zero-order valence-electron chi connectivity index (χ0n) is 6.09. The van der Waals surface area contributed by atoms with Crippen LogP contribution in [-0.2, 0) is 0 Å². The van der Waals surface area contributed by atoms with Gasteiger partial charge < -0.3 is 0 Å². The monoisotopic (exact) mass is 123 g/mol. The van der Waals surface area contributed by atoms with Crippen LogP contribution < -0.4 is 0 Å². The molecule has 0 rings (SSSR count). The molecule has 0 aliphatic heterocycles. The van der Waals surface area contributed by atoms with Crippen LogP contribution >= 0.6 is 0 Å². The third-order valence-corrected chi connectivity index (χ3v) is 0.883. The SMILES string of the molecule is C=C/C=N\C(C)=C/CC. The first kappa shape index (κ1) is 8.15. The van der Waals surface area contributed by atoms with Gasteiger partial charge in [0.05, 0.1) is 0 Å². The number of rotatable bonds is 3. The molecule has 0 aromatic rings. The molecule has 0 spiro atoms. The molecule has 0 N–H and O–H groups in total. The second-order valence-electron chi connectivity index (χ2n) is 1.77. The second kappa shape index (κ2) is 5.29. The van der Waals surface area contributed by atoms with Crippen LogP contribution in [0.2, 0.25) is 0 Å². The van der Waals surface area contributed by atoms with Gasteiger partial charge in [-0.15, -0.1) is 0 Å². The van der Waals surface area contributed by atoms with Crippen molar-refractivity contribution in [1.82, 2.24) is 0 Å². The van der Waals surface area contributed by atoms with E-state index in [9.17, 15) is 0 Å². The van der Waals surface area contributed by atoms with E-state index >= 15 is 0 Å². The lowest BCUT2D eigenvalue weighted by Gasteiger charge is -1.85. The van der Waals surface area contributed by atoms with Crippen molar-refractivity contribution < 1.29 is 0 Å². The van der Waals surface area contributed by atoms with Crippen molar-refractivity contribution in [2.24, 2.45) is 4.99 Å². The van der Waals surface area contributed by atoms with E-state index < -0.39 is 0 Å².